The van der Waals surface area contributed by atoms with Gasteiger partial charge in [0.05, 0.1) is 0 Å². The highest BCUT2D eigenvalue weighted by Gasteiger charge is 2.09. The Hall–Kier alpha value is -1.50. The Morgan fingerprint density at radius 3 is 2.41 bits per heavy atom. The summed E-state index contributed by atoms with van der Waals surface area (Å²) in [6, 6.07) is 14.9. The summed E-state index contributed by atoms with van der Waals surface area (Å²) in [6.07, 6.45) is 1.18. The lowest BCUT2D eigenvalue weighted by Gasteiger charge is -2.19. The van der Waals surface area contributed by atoms with Gasteiger partial charge in [0.2, 0.25) is 0 Å². The molecule has 90 valence electrons. The Bertz CT molecular complexity index is 489. The zero-order chi connectivity index (χ0) is 12.3. The molecule has 0 radical (unpaired) electrons. The predicted molar refractivity (Wildman–Crippen MR) is 76.5 cm³/mol. The van der Waals surface area contributed by atoms with Crippen molar-refractivity contribution in [2.45, 2.75) is 27.2 Å². The number of fused-ring (bicyclic) bond motifs is 1. The molecule has 1 nitrogen and oxygen atoms in total. The molecule has 0 heterocycles. The van der Waals surface area contributed by atoms with Crippen LogP contribution in [-0.4, -0.2) is 6.54 Å². The van der Waals surface area contributed by atoms with Crippen molar-refractivity contribution < 1.29 is 0 Å². The number of nitrogens with one attached hydrogen (secondary N) is 1. The average molecular weight is 227 g/mol. The number of rotatable bonds is 3. The minimum absolute atomic E-state index is 0.386. The zero-order valence-corrected chi connectivity index (χ0v) is 11.0. The van der Waals surface area contributed by atoms with Crippen LogP contribution in [0.2, 0.25) is 0 Å². The van der Waals surface area contributed by atoms with Crippen LogP contribution in [0.4, 0.5) is 5.69 Å². The first-order valence-electron chi connectivity index (χ1n) is 6.28. The van der Waals surface area contributed by atoms with Crippen LogP contribution in [0.15, 0.2) is 42.5 Å². The maximum absolute atomic E-state index is 3.54. The summed E-state index contributed by atoms with van der Waals surface area (Å²) in [5, 5.41) is 6.15. The molecule has 1 N–H and O–H groups in total. The maximum atomic E-state index is 3.54. The van der Waals surface area contributed by atoms with Gasteiger partial charge in [0.15, 0.2) is 0 Å². The van der Waals surface area contributed by atoms with Crippen molar-refractivity contribution in [2.24, 2.45) is 5.41 Å². The summed E-state index contributed by atoms with van der Waals surface area (Å²) in [6.45, 7) is 7.85. The molecule has 0 saturated carbocycles. The Labute approximate surface area is 104 Å². The van der Waals surface area contributed by atoms with Crippen molar-refractivity contribution in [1.82, 2.24) is 0 Å². The molecule has 0 aromatic heterocycles. The molecule has 2 aromatic rings. The minimum atomic E-state index is 0.386. The summed E-state index contributed by atoms with van der Waals surface area (Å²) in [5.41, 5.74) is 1.63. The first-order valence-corrected chi connectivity index (χ1v) is 6.28. The van der Waals surface area contributed by atoms with Crippen LogP contribution < -0.4 is 5.32 Å². The Morgan fingerprint density at radius 2 is 1.65 bits per heavy atom. The number of benzene rings is 2. The van der Waals surface area contributed by atoms with Crippen LogP contribution in [0.3, 0.4) is 0 Å². The molecule has 0 fully saturated rings. The number of hydrogen-bond acceptors (Lipinski definition) is 1. The Kier molecular flexibility index (Phi) is 3.37. The predicted octanol–water partition coefficient (Wildman–Crippen LogP) is 4.69. The molecular weight excluding hydrogens is 206 g/mol. The van der Waals surface area contributed by atoms with E-state index in [0.717, 1.165) is 6.54 Å². The standard InChI is InChI=1S/C16H21N/c1-16(2,3)11-12-17-15-10-6-8-13-7-4-5-9-14(13)15/h4-10,17H,11-12H2,1-3H3. The Morgan fingerprint density at radius 1 is 0.941 bits per heavy atom. The van der Waals surface area contributed by atoms with Crippen LogP contribution in [0.1, 0.15) is 27.2 Å². The van der Waals surface area contributed by atoms with Gasteiger partial charge in [-0.1, -0.05) is 57.2 Å². The zero-order valence-electron chi connectivity index (χ0n) is 11.0. The normalized spacial score (nSPS) is 11.7. The van der Waals surface area contributed by atoms with Gasteiger partial charge in [0.1, 0.15) is 0 Å². The third kappa shape index (κ3) is 3.23. The van der Waals surface area contributed by atoms with Gasteiger partial charge in [-0.2, -0.15) is 0 Å². The number of anilines is 1. The van der Waals surface area contributed by atoms with E-state index >= 15 is 0 Å². The molecule has 2 aromatic carbocycles. The molecule has 0 unspecified atom stereocenters. The van der Waals surface area contributed by atoms with Crippen molar-refractivity contribution in [3.8, 4) is 0 Å². The SMILES string of the molecule is CC(C)(C)CCNc1cccc2ccccc12. The molecule has 0 aliphatic rings. The van der Waals surface area contributed by atoms with E-state index in [9.17, 15) is 0 Å². The van der Waals surface area contributed by atoms with Gasteiger partial charge < -0.3 is 5.32 Å². The van der Waals surface area contributed by atoms with Gasteiger partial charge in [-0.15, -0.1) is 0 Å². The van der Waals surface area contributed by atoms with Gasteiger partial charge in [0.25, 0.3) is 0 Å². The van der Waals surface area contributed by atoms with E-state index in [2.05, 4.69) is 68.6 Å². The second-order valence-corrected chi connectivity index (χ2v) is 5.76. The largest absolute Gasteiger partial charge is 0.385 e. The second-order valence-electron chi connectivity index (χ2n) is 5.76. The minimum Gasteiger partial charge on any atom is -0.385 e. The fraction of sp³-hybridized carbons (Fsp3) is 0.375. The molecule has 0 bridgehead atoms. The summed E-state index contributed by atoms with van der Waals surface area (Å²) < 4.78 is 0. The molecule has 0 amide bonds. The molecule has 0 aliphatic heterocycles. The molecule has 0 aliphatic carbocycles. The van der Waals surface area contributed by atoms with Crippen molar-refractivity contribution in [3.63, 3.8) is 0 Å². The lowest BCUT2D eigenvalue weighted by Crippen LogP contribution is -2.12. The smallest absolute Gasteiger partial charge is 0.0419 e. The summed E-state index contributed by atoms with van der Waals surface area (Å²) in [4.78, 5) is 0. The van der Waals surface area contributed by atoms with Crippen LogP contribution in [0.25, 0.3) is 10.8 Å². The fourth-order valence-electron chi connectivity index (χ4n) is 1.95. The van der Waals surface area contributed by atoms with Crippen molar-refractivity contribution in [1.29, 1.82) is 0 Å². The highest BCUT2D eigenvalue weighted by Crippen LogP contribution is 2.24. The van der Waals surface area contributed by atoms with Crippen LogP contribution in [0.5, 0.6) is 0 Å². The monoisotopic (exact) mass is 227 g/mol. The molecule has 17 heavy (non-hydrogen) atoms. The Balaban J connectivity index is 2.13. The third-order valence-corrected chi connectivity index (χ3v) is 2.98. The number of hydrogen-bond donors (Lipinski definition) is 1. The lowest BCUT2D eigenvalue weighted by molar-refractivity contribution is 0.390. The van der Waals surface area contributed by atoms with Gasteiger partial charge in [0, 0.05) is 17.6 Å². The average Bonchev–Trinajstić information content (AvgIpc) is 2.28. The molecule has 0 spiro atoms. The van der Waals surface area contributed by atoms with Gasteiger partial charge in [-0.25, -0.2) is 0 Å². The molecule has 0 atom stereocenters. The highest BCUT2D eigenvalue weighted by molar-refractivity contribution is 5.93. The van der Waals surface area contributed by atoms with E-state index in [4.69, 9.17) is 0 Å². The van der Waals surface area contributed by atoms with Crippen LogP contribution in [-0.2, 0) is 0 Å². The first-order chi connectivity index (χ1) is 8.06. The third-order valence-electron chi connectivity index (χ3n) is 2.98. The molecule has 1 heteroatoms. The topological polar surface area (TPSA) is 12.0 Å². The van der Waals surface area contributed by atoms with Crippen molar-refractivity contribution >= 4 is 16.5 Å². The highest BCUT2D eigenvalue weighted by atomic mass is 14.9. The van der Waals surface area contributed by atoms with Gasteiger partial charge in [-0.3, -0.25) is 0 Å². The van der Waals surface area contributed by atoms with Crippen molar-refractivity contribution in [3.05, 3.63) is 42.5 Å². The van der Waals surface area contributed by atoms with Gasteiger partial charge >= 0.3 is 0 Å². The van der Waals surface area contributed by atoms with Crippen molar-refractivity contribution in [2.75, 3.05) is 11.9 Å². The first kappa shape index (κ1) is 12.0. The van der Waals surface area contributed by atoms with E-state index in [1.165, 1.54) is 22.9 Å². The summed E-state index contributed by atoms with van der Waals surface area (Å²) in [5.74, 6) is 0. The van der Waals surface area contributed by atoms with Crippen LogP contribution >= 0.6 is 0 Å². The van der Waals surface area contributed by atoms with E-state index in [0.29, 0.717) is 5.41 Å². The maximum Gasteiger partial charge on any atom is 0.0419 e. The van der Waals surface area contributed by atoms with E-state index in [1.54, 1.807) is 0 Å². The molecular formula is C16H21N. The second kappa shape index (κ2) is 4.79. The van der Waals surface area contributed by atoms with Crippen LogP contribution in [0, 0.1) is 5.41 Å². The summed E-state index contributed by atoms with van der Waals surface area (Å²) in [7, 11) is 0. The summed E-state index contributed by atoms with van der Waals surface area (Å²) >= 11 is 0. The lowest BCUT2D eigenvalue weighted by atomic mass is 9.92. The van der Waals surface area contributed by atoms with E-state index in [1.807, 2.05) is 0 Å². The quantitative estimate of drug-likeness (QED) is 0.802. The molecule has 2 rings (SSSR count). The van der Waals surface area contributed by atoms with E-state index < -0.39 is 0 Å². The van der Waals surface area contributed by atoms with Gasteiger partial charge in [-0.05, 0) is 23.3 Å². The molecule has 0 saturated heterocycles. The van der Waals surface area contributed by atoms with E-state index in [-0.39, 0.29) is 0 Å². The fourth-order valence-corrected chi connectivity index (χ4v) is 1.95.